The maximum absolute atomic E-state index is 11.9. The molecule has 0 amide bonds. The average molecular weight is 449 g/mol. The van der Waals surface area contributed by atoms with E-state index in [-0.39, 0.29) is 6.61 Å². The summed E-state index contributed by atoms with van der Waals surface area (Å²) in [7, 11) is 0. The van der Waals surface area contributed by atoms with Gasteiger partial charge in [-0.2, -0.15) is 0 Å². The number of halogens is 2. The van der Waals surface area contributed by atoms with Crippen molar-refractivity contribution in [1.29, 1.82) is 0 Å². The number of aromatic nitrogens is 2. The highest BCUT2D eigenvalue weighted by Gasteiger charge is 2.12. The number of ether oxygens (including phenoxy) is 1. The van der Waals surface area contributed by atoms with Crippen molar-refractivity contribution in [3.63, 3.8) is 0 Å². The highest BCUT2D eigenvalue weighted by atomic mass is 35.5. The Morgan fingerprint density at radius 3 is 2.66 bits per heavy atom. The van der Waals surface area contributed by atoms with Crippen LogP contribution in [-0.2, 0) is 12.4 Å². The molecule has 0 saturated carbocycles. The van der Waals surface area contributed by atoms with Crippen molar-refractivity contribution in [1.82, 2.24) is 10.2 Å². The van der Waals surface area contributed by atoms with Crippen LogP contribution < -0.4 is 10.4 Å². The summed E-state index contributed by atoms with van der Waals surface area (Å²) in [6.45, 7) is 2.00. The number of hydrogen-bond acceptors (Lipinski definition) is 7. The molecule has 4 rings (SSSR count). The number of fused-ring (bicyclic) bond motifs is 1. The summed E-state index contributed by atoms with van der Waals surface area (Å²) < 4.78 is 16.5. The van der Waals surface area contributed by atoms with Gasteiger partial charge in [0.2, 0.25) is 0 Å². The van der Waals surface area contributed by atoms with Crippen molar-refractivity contribution in [3.05, 3.63) is 79.9 Å². The van der Waals surface area contributed by atoms with Gasteiger partial charge in [-0.25, -0.2) is 4.79 Å². The third kappa shape index (κ3) is 4.75. The molecule has 0 aliphatic rings. The van der Waals surface area contributed by atoms with Crippen LogP contribution in [-0.4, -0.2) is 10.2 Å². The van der Waals surface area contributed by atoms with E-state index in [2.05, 4.69) is 10.2 Å². The van der Waals surface area contributed by atoms with Gasteiger partial charge in [-0.1, -0.05) is 35.0 Å². The fraction of sp³-hybridized carbons (Fsp3) is 0.150. The lowest BCUT2D eigenvalue weighted by molar-refractivity contribution is 0.252. The van der Waals surface area contributed by atoms with Crippen molar-refractivity contribution in [2.24, 2.45) is 0 Å². The fourth-order valence-corrected chi connectivity index (χ4v) is 3.70. The zero-order valence-electron chi connectivity index (χ0n) is 15.1. The molecule has 0 aliphatic carbocycles. The lowest BCUT2D eigenvalue weighted by Gasteiger charge is -2.06. The van der Waals surface area contributed by atoms with Crippen LogP contribution >= 0.6 is 35.0 Å². The highest BCUT2D eigenvalue weighted by Crippen LogP contribution is 2.29. The van der Waals surface area contributed by atoms with Crippen molar-refractivity contribution < 1.29 is 13.6 Å². The summed E-state index contributed by atoms with van der Waals surface area (Å²) in [5.41, 5.74) is 1.70. The molecule has 2 heterocycles. The lowest BCUT2D eigenvalue weighted by Crippen LogP contribution is -2.00. The van der Waals surface area contributed by atoms with E-state index in [4.69, 9.17) is 36.8 Å². The summed E-state index contributed by atoms with van der Waals surface area (Å²) in [6, 6.07) is 12.0. The van der Waals surface area contributed by atoms with Crippen molar-refractivity contribution in [2.45, 2.75) is 24.5 Å². The van der Waals surface area contributed by atoms with Crippen LogP contribution in [0.2, 0.25) is 10.0 Å². The average Bonchev–Trinajstić information content (AvgIpc) is 3.15. The summed E-state index contributed by atoms with van der Waals surface area (Å²) in [5, 5.41) is 10.4. The minimum absolute atomic E-state index is 0.141. The first-order chi connectivity index (χ1) is 14.0. The standard InChI is InChI=1S/C20H14Cl2N2O4S/c1-11-6-17-15(8-16(11)22)12(7-19(25)27-17)10-29-20-24-23-18(28-20)9-26-14-4-2-13(21)3-5-14/h2-8H,9-10H2,1H3. The van der Waals surface area contributed by atoms with E-state index in [9.17, 15) is 4.79 Å². The summed E-state index contributed by atoms with van der Waals surface area (Å²) in [4.78, 5) is 11.9. The van der Waals surface area contributed by atoms with Crippen LogP contribution in [0.3, 0.4) is 0 Å². The molecule has 2 aromatic heterocycles. The van der Waals surface area contributed by atoms with Gasteiger partial charge in [-0.05, 0) is 54.4 Å². The Kier molecular flexibility index (Phi) is 5.80. The predicted molar refractivity (Wildman–Crippen MR) is 112 cm³/mol. The van der Waals surface area contributed by atoms with Crippen LogP contribution in [0.1, 0.15) is 17.0 Å². The molecule has 0 N–H and O–H groups in total. The molecule has 0 unspecified atom stereocenters. The Labute approximate surface area is 179 Å². The van der Waals surface area contributed by atoms with E-state index in [0.29, 0.717) is 38.2 Å². The SMILES string of the molecule is Cc1cc2oc(=O)cc(CSc3nnc(COc4ccc(Cl)cc4)o3)c2cc1Cl. The molecule has 6 nitrogen and oxygen atoms in total. The van der Waals surface area contributed by atoms with Crippen molar-refractivity contribution in [3.8, 4) is 5.75 Å². The number of nitrogens with zero attached hydrogens (tertiary/aromatic N) is 2. The van der Waals surface area contributed by atoms with E-state index in [1.54, 1.807) is 36.4 Å². The van der Waals surface area contributed by atoms with E-state index in [1.165, 1.54) is 17.8 Å². The molecule has 0 spiro atoms. The van der Waals surface area contributed by atoms with Crippen LogP contribution in [0.5, 0.6) is 5.75 Å². The zero-order valence-corrected chi connectivity index (χ0v) is 17.5. The van der Waals surface area contributed by atoms with Crippen molar-refractivity contribution in [2.75, 3.05) is 0 Å². The number of benzene rings is 2. The molecule has 4 aromatic rings. The number of hydrogen-bond donors (Lipinski definition) is 0. The Bertz CT molecular complexity index is 1220. The maximum atomic E-state index is 11.9. The Balaban J connectivity index is 1.45. The molecule has 0 bridgehead atoms. The second-order valence-corrected chi connectivity index (χ2v) is 7.95. The van der Waals surface area contributed by atoms with Gasteiger partial charge < -0.3 is 13.6 Å². The third-order valence-corrected chi connectivity index (χ3v) is 5.61. The molecule has 0 fully saturated rings. The Morgan fingerprint density at radius 2 is 1.86 bits per heavy atom. The topological polar surface area (TPSA) is 78.4 Å². The minimum Gasteiger partial charge on any atom is -0.484 e. The molecule has 0 aliphatic heterocycles. The molecular formula is C20H14Cl2N2O4S. The smallest absolute Gasteiger partial charge is 0.336 e. The molecule has 0 radical (unpaired) electrons. The largest absolute Gasteiger partial charge is 0.484 e. The third-order valence-electron chi connectivity index (χ3n) is 4.08. The fourth-order valence-electron chi connectivity index (χ4n) is 2.64. The first-order valence-corrected chi connectivity index (χ1v) is 10.3. The van der Waals surface area contributed by atoms with Crippen LogP contribution in [0.15, 0.2) is 61.3 Å². The molecule has 29 heavy (non-hydrogen) atoms. The van der Waals surface area contributed by atoms with Crippen LogP contribution in [0.4, 0.5) is 0 Å². The lowest BCUT2D eigenvalue weighted by atomic mass is 10.1. The number of aryl methyl sites for hydroxylation is 1. The van der Waals surface area contributed by atoms with Crippen molar-refractivity contribution >= 4 is 45.9 Å². The van der Waals surface area contributed by atoms with Gasteiger partial charge in [-0.15, -0.1) is 10.2 Å². The Morgan fingerprint density at radius 1 is 1.07 bits per heavy atom. The monoisotopic (exact) mass is 448 g/mol. The summed E-state index contributed by atoms with van der Waals surface area (Å²) >= 11 is 13.4. The Hall–Kier alpha value is -2.48. The molecule has 0 atom stereocenters. The van der Waals surface area contributed by atoms with E-state index < -0.39 is 5.63 Å². The second kappa shape index (κ2) is 8.49. The molecule has 148 valence electrons. The number of rotatable bonds is 6. The molecule has 2 aromatic carbocycles. The van der Waals surface area contributed by atoms with Gasteiger partial charge >= 0.3 is 5.63 Å². The van der Waals surface area contributed by atoms with Gasteiger partial charge in [0.05, 0.1) is 0 Å². The quantitative estimate of drug-likeness (QED) is 0.278. The second-order valence-electron chi connectivity index (χ2n) is 6.18. The summed E-state index contributed by atoms with van der Waals surface area (Å²) in [5.74, 6) is 1.44. The molecule has 0 saturated heterocycles. The van der Waals surface area contributed by atoms with Gasteiger partial charge in [-0.3, -0.25) is 0 Å². The van der Waals surface area contributed by atoms with Gasteiger partial charge in [0.15, 0.2) is 6.61 Å². The first-order valence-electron chi connectivity index (χ1n) is 8.54. The van der Waals surface area contributed by atoms with Crippen LogP contribution in [0.25, 0.3) is 11.0 Å². The minimum atomic E-state index is -0.419. The van der Waals surface area contributed by atoms with Gasteiger partial charge in [0.1, 0.15) is 11.3 Å². The highest BCUT2D eigenvalue weighted by molar-refractivity contribution is 7.98. The van der Waals surface area contributed by atoms with E-state index in [1.807, 2.05) is 6.92 Å². The normalized spacial score (nSPS) is 11.1. The maximum Gasteiger partial charge on any atom is 0.336 e. The zero-order chi connectivity index (χ0) is 20.4. The molecule has 9 heteroatoms. The van der Waals surface area contributed by atoms with E-state index >= 15 is 0 Å². The van der Waals surface area contributed by atoms with E-state index in [0.717, 1.165) is 16.5 Å². The first kappa shape index (κ1) is 19.8. The predicted octanol–water partition coefficient (Wildman–Crippen LogP) is 5.66. The van der Waals surface area contributed by atoms with Crippen LogP contribution in [0, 0.1) is 6.92 Å². The van der Waals surface area contributed by atoms with Gasteiger partial charge in [0, 0.05) is 27.3 Å². The molecular weight excluding hydrogens is 435 g/mol. The summed E-state index contributed by atoms with van der Waals surface area (Å²) in [6.07, 6.45) is 0. The number of thioether (sulfide) groups is 1. The van der Waals surface area contributed by atoms with Gasteiger partial charge in [0.25, 0.3) is 11.1 Å².